The third-order valence-corrected chi connectivity index (χ3v) is 5.10. The van der Waals surface area contributed by atoms with Gasteiger partial charge in [0.25, 0.3) is 5.91 Å². The number of furan rings is 1. The molecule has 8 heteroatoms. The zero-order valence-corrected chi connectivity index (χ0v) is 15.2. The molecule has 2 aromatic rings. The van der Waals surface area contributed by atoms with Crippen LogP contribution in [0.3, 0.4) is 0 Å². The van der Waals surface area contributed by atoms with E-state index in [9.17, 15) is 14.7 Å². The summed E-state index contributed by atoms with van der Waals surface area (Å²) in [6.07, 6.45) is 1.55. The van der Waals surface area contributed by atoms with Crippen molar-refractivity contribution in [2.24, 2.45) is 0 Å². The molecule has 0 bridgehead atoms. The summed E-state index contributed by atoms with van der Waals surface area (Å²) in [6, 6.07) is 11.2. The van der Waals surface area contributed by atoms with Crippen molar-refractivity contribution >= 4 is 62.2 Å². The van der Waals surface area contributed by atoms with E-state index in [1.807, 2.05) is 24.3 Å². The van der Waals surface area contributed by atoms with Gasteiger partial charge in [0.15, 0.2) is 0 Å². The Kier molecular flexibility index (Phi) is 4.88. The van der Waals surface area contributed by atoms with Crippen molar-refractivity contribution in [2.75, 3.05) is 6.54 Å². The third-order valence-electron chi connectivity index (χ3n) is 3.19. The van der Waals surface area contributed by atoms with Crippen molar-refractivity contribution in [3.05, 3.63) is 51.5 Å². The second-order valence-corrected chi connectivity index (χ2v) is 7.44. The van der Waals surface area contributed by atoms with Gasteiger partial charge in [0, 0.05) is 16.1 Å². The quantitative estimate of drug-likeness (QED) is 0.556. The van der Waals surface area contributed by atoms with E-state index in [1.165, 1.54) is 0 Å². The fourth-order valence-electron chi connectivity index (χ4n) is 2.09. The monoisotopic (exact) mass is 422 g/mol. The number of nitrogens with zero attached hydrogens (tertiary/aromatic N) is 1. The molecule has 0 N–H and O–H groups in total. The number of thiocarbonyl (C=S) groups is 1. The molecule has 1 amide bonds. The van der Waals surface area contributed by atoms with Crippen molar-refractivity contribution < 1.29 is 19.1 Å². The maximum Gasteiger partial charge on any atom is 0.266 e. The molecular formula is C16H9BrNO4S2-. The summed E-state index contributed by atoms with van der Waals surface area (Å²) in [7, 11) is 0. The minimum absolute atomic E-state index is 0.190. The van der Waals surface area contributed by atoms with Crippen LogP contribution in [0.1, 0.15) is 5.76 Å². The first-order valence-electron chi connectivity index (χ1n) is 6.75. The number of hydrogen-bond donors (Lipinski definition) is 0. The Labute approximate surface area is 155 Å². The second kappa shape index (κ2) is 6.92. The Hall–Kier alpha value is -1.90. The molecule has 0 aliphatic carbocycles. The van der Waals surface area contributed by atoms with Crippen LogP contribution in [0.15, 0.2) is 50.2 Å². The van der Waals surface area contributed by atoms with Gasteiger partial charge in [0.2, 0.25) is 0 Å². The van der Waals surface area contributed by atoms with Gasteiger partial charge in [-0.25, -0.2) is 0 Å². The number of rotatable bonds is 4. The maximum atomic E-state index is 12.2. The number of thioether (sulfide) groups is 1. The summed E-state index contributed by atoms with van der Waals surface area (Å²) in [5, 5.41) is 10.7. The van der Waals surface area contributed by atoms with Gasteiger partial charge in [0.05, 0.1) is 17.4 Å². The molecule has 1 aliphatic heterocycles. The fourth-order valence-corrected chi connectivity index (χ4v) is 3.59. The van der Waals surface area contributed by atoms with E-state index in [2.05, 4.69) is 15.9 Å². The molecular weight excluding hydrogens is 414 g/mol. The second-order valence-electron chi connectivity index (χ2n) is 4.85. The molecule has 2 heterocycles. The highest BCUT2D eigenvalue weighted by Gasteiger charge is 2.32. The van der Waals surface area contributed by atoms with E-state index in [4.69, 9.17) is 16.6 Å². The largest absolute Gasteiger partial charge is 0.548 e. The molecule has 0 radical (unpaired) electrons. The van der Waals surface area contributed by atoms with E-state index < -0.39 is 18.4 Å². The number of carboxylic acid groups (broad SMARTS) is 1. The maximum absolute atomic E-state index is 12.2. The van der Waals surface area contributed by atoms with E-state index in [1.54, 1.807) is 18.2 Å². The van der Waals surface area contributed by atoms with Crippen LogP contribution < -0.4 is 5.11 Å². The van der Waals surface area contributed by atoms with Gasteiger partial charge in [-0.15, -0.1) is 0 Å². The standard InChI is InChI=1S/C16H10BrNO4S2/c17-10-3-1-9(2-4-10)12-6-5-11(22-12)7-13-15(21)18(8-14(19)20)16(23)24-13/h1-7H,8H2,(H,19,20)/p-1/b13-7+. The smallest absolute Gasteiger partial charge is 0.266 e. The zero-order chi connectivity index (χ0) is 17.3. The van der Waals surface area contributed by atoms with Gasteiger partial charge in [-0.05, 0) is 24.3 Å². The molecule has 1 aromatic carbocycles. The SMILES string of the molecule is O=C([O-])CN1C(=O)/C(=C\c2ccc(-c3ccc(Br)cc3)o2)SC1=S. The lowest BCUT2D eigenvalue weighted by Crippen LogP contribution is -2.40. The molecule has 1 aliphatic rings. The van der Waals surface area contributed by atoms with Crippen LogP contribution >= 0.6 is 39.9 Å². The predicted octanol–water partition coefficient (Wildman–Crippen LogP) is 2.66. The molecule has 0 atom stereocenters. The van der Waals surface area contributed by atoms with Crippen LogP contribution in [0.25, 0.3) is 17.4 Å². The van der Waals surface area contributed by atoms with Crippen molar-refractivity contribution in [1.29, 1.82) is 0 Å². The van der Waals surface area contributed by atoms with Crippen LogP contribution in [0.2, 0.25) is 0 Å². The average Bonchev–Trinajstić information content (AvgIpc) is 3.09. The number of amides is 1. The number of carbonyl (C=O) groups excluding carboxylic acids is 2. The van der Waals surface area contributed by atoms with Gasteiger partial charge < -0.3 is 14.3 Å². The predicted molar refractivity (Wildman–Crippen MR) is 96.7 cm³/mol. The lowest BCUT2D eigenvalue weighted by molar-refractivity contribution is -0.305. The minimum atomic E-state index is -1.36. The molecule has 0 spiro atoms. The molecule has 0 saturated carbocycles. The number of halogens is 1. The Bertz CT molecular complexity index is 857. The number of aliphatic carboxylic acids is 1. The summed E-state index contributed by atoms with van der Waals surface area (Å²) in [4.78, 5) is 24.2. The van der Waals surface area contributed by atoms with E-state index in [0.717, 1.165) is 26.7 Å². The lowest BCUT2D eigenvalue weighted by Gasteiger charge is -2.14. The number of hydrogen-bond acceptors (Lipinski definition) is 6. The van der Waals surface area contributed by atoms with Gasteiger partial charge in [-0.3, -0.25) is 9.69 Å². The van der Waals surface area contributed by atoms with Crippen LogP contribution in [0.4, 0.5) is 0 Å². The summed E-state index contributed by atoms with van der Waals surface area (Å²) in [5.41, 5.74) is 0.905. The first kappa shape index (κ1) is 16.9. The summed E-state index contributed by atoms with van der Waals surface area (Å²) in [6.45, 7) is -0.551. The Morgan fingerprint density at radius 3 is 2.67 bits per heavy atom. The van der Waals surface area contributed by atoms with Crippen molar-refractivity contribution in [1.82, 2.24) is 4.90 Å². The molecule has 122 valence electrons. The van der Waals surface area contributed by atoms with E-state index in [-0.39, 0.29) is 4.32 Å². The van der Waals surface area contributed by atoms with E-state index >= 15 is 0 Å². The summed E-state index contributed by atoms with van der Waals surface area (Å²) >= 11 is 9.43. The molecule has 3 rings (SSSR count). The first-order chi connectivity index (χ1) is 11.4. The van der Waals surface area contributed by atoms with Gasteiger partial charge in [-0.1, -0.05) is 52.0 Å². The summed E-state index contributed by atoms with van der Waals surface area (Å²) < 4.78 is 6.88. The van der Waals surface area contributed by atoms with Crippen molar-refractivity contribution in [3.8, 4) is 11.3 Å². The number of carbonyl (C=O) groups is 2. The lowest BCUT2D eigenvalue weighted by atomic mass is 10.2. The number of carboxylic acids is 1. The number of benzene rings is 1. The Morgan fingerprint density at radius 1 is 1.29 bits per heavy atom. The van der Waals surface area contributed by atoms with Gasteiger partial charge in [0.1, 0.15) is 15.8 Å². The molecule has 5 nitrogen and oxygen atoms in total. The highest BCUT2D eigenvalue weighted by atomic mass is 79.9. The van der Waals surface area contributed by atoms with Crippen molar-refractivity contribution in [3.63, 3.8) is 0 Å². The van der Waals surface area contributed by atoms with Crippen LogP contribution in [0.5, 0.6) is 0 Å². The molecule has 1 saturated heterocycles. The third kappa shape index (κ3) is 3.61. The van der Waals surface area contributed by atoms with Crippen LogP contribution in [0, 0.1) is 0 Å². The Morgan fingerprint density at radius 2 is 2.00 bits per heavy atom. The average molecular weight is 423 g/mol. The molecule has 24 heavy (non-hydrogen) atoms. The minimum Gasteiger partial charge on any atom is -0.548 e. The topological polar surface area (TPSA) is 73.6 Å². The molecule has 0 unspecified atom stereocenters. The van der Waals surface area contributed by atoms with Crippen LogP contribution in [-0.4, -0.2) is 27.6 Å². The fraction of sp³-hybridized carbons (Fsp3) is 0.0625. The van der Waals surface area contributed by atoms with E-state index in [0.29, 0.717) is 16.4 Å². The zero-order valence-electron chi connectivity index (χ0n) is 12.0. The Balaban J connectivity index is 1.82. The van der Waals surface area contributed by atoms with Crippen LogP contribution in [-0.2, 0) is 9.59 Å². The van der Waals surface area contributed by atoms with Gasteiger partial charge >= 0.3 is 0 Å². The van der Waals surface area contributed by atoms with Gasteiger partial charge in [-0.2, -0.15) is 0 Å². The normalized spacial score (nSPS) is 16.2. The summed E-state index contributed by atoms with van der Waals surface area (Å²) in [5.74, 6) is -0.667. The highest BCUT2D eigenvalue weighted by molar-refractivity contribution is 9.10. The molecule has 1 fully saturated rings. The van der Waals surface area contributed by atoms with Crippen molar-refractivity contribution in [2.45, 2.75) is 0 Å². The molecule has 1 aromatic heterocycles. The first-order valence-corrected chi connectivity index (χ1v) is 8.77. The highest BCUT2D eigenvalue weighted by Crippen LogP contribution is 2.33.